The van der Waals surface area contributed by atoms with Gasteiger partial charge < -0.3 is 4.90 Å². The Labute approximate surface area is 95.1 Å². The highest BCUT2D eigenvalue weighted by Crippen LogP contribution is 2.26. The molecule has 86 valence electrons. The van der Waals surface area contributed by atoms with Crippen molar-refractivity contribution in [2.45, 2.75) is 19.8 Å². The second kappa shape index (κ2) is 4.64. The Bertz CT molecular complexity index is 392. The molecule has 1 saturated heterocycles. The molecule has 1 aliphatic rings. The number of hydrogen-bond acceptors (Lipinski definition) is 2. The number of benzene rings is 1. The van der Waals surface area contributed by atoms with Crippen LogP contribution in [0.15, 0.2) is 18.2 Å². The molecule has 0 spiro atoms. The van der Waals surface area contributed by atoms with E-state index in [1.54, 1.807) is 6.07 Å². The first-order valence-corrected chi connectivity index (χ1v) is 5.73. The van der Waals surface area contributed by atoms with Gasteiger partial charge >= 0.3 is 0 Å². The third-order valence-electron chi connectivity index (χ3n) is 3.27. The van der Waals surface area contributed by atoms with Gasteiger partial charge in [0.15, 0.2) is 0 Å². The molecular weight excluding hydrogens is 205 g/mol. The van der Waals surface area contributed by atoms with Crippen molar-refractivity contribution < 1.29 is 9.18 Å². The zero-order valence-electron chi connectivity index (χ0n) is 9.45. The third-order valence-corrected chi connectivity index (χ3v) is 3.27. The second-order valence-electron chi connectivity index (χ2n) is 4.37. The van der Waals surface area contributed by atoms with Gasteiger partial charge in [-0.25, -0.2) is 4.39 Å². The van der Waals surface area contributed by atoms with E-state index in [1.807, 2.05) is 0 Å². The number of halogens is 1. The van der Waals surface area contributed by atoms with Crippen LogP contribution in [-0.2, 0) is 0 Å². The molecule has 0 aromatic heterocycles. The van der Waals surface area contributed by atoms with Crippen LogP contribution in [0.5, 0.6) is 0 Å². The molecule has 2 rings (SSSR count). The minimum Gasteiger partial charge on any atom is -0.371 e. The minimum absolute atomic E-state index is 0.334. The Morgan fingerprint density at radius 3 is 2.94 bits per heavy atom. The molecular formula is C13H16FNO. The van der Waals surface area contributed by atoms with Gasteiger partial charge in [-0.05, 0) is 30.5 Å². The van der Waals surface area contributed by atoms with Crippen molar-refractivity contribution in [2.75, 3.05) is 18.0 Å². The lowest BCUT2D eigenvalue weighted by atomic mass is 10.1. The van der Waals surface area contributed by atoms with Gasteiger partial charge in [0.2, 0.25) is 0 Å². The van der Waals surface area contributed by atoms with E-state index in [0.717, 1.165) is 31.6 Å². The molecule has 0 amide bonds. The van der Waals surface area contributed by atoms with Gasteiger partial charge in [0, 0.05) is 24.3 Å². The molecule has 1 aromatic carbocycles. The summed E-state index contributed by atoms with van der Waals surface area (Å²) < 4.78 is 13.3. The highest BCUT2D eigenvalue weighted by molar-refractivity contribution is 5.77. The molecule has 0 bridgehead atoms. The van der Waals surface area contributed by atoms with Gasteiger partial charge in [-0.3, -0.25) is 4.79 Å². The Morgan fingerprint density at radius 1 is 1.50 bits per heavy atom. The third kappa shape index (κ3) is 2.23. The topological polar surface area (TPSA) is 20.3 Å². The molecule has 1 heterocycles. The van der Waals surface area contributed by atoms with Crippen LogP contribution in [0.3, 0.4) is 0 Å². The van der Waals surface area contributed by atoms with Crippen molar-refractivity contribution >= 4 is 12.0 Å². The number of aldehydes is 1. The van der Waals surface area contributed by atoms with Crippen molar-refractivity contribution in [3.8, 4) is 0 Å². The monoisotopic (exact) mass is 221 g/mol. The van der Waals surface area contributed by atoms with Crippen LogP contribution in [0.2, 0.25) is 0 Å². The molecule has 0 radical (unpaired) electrons. The summed E-state index contributed by atoms with van der Waals surface area (Å²) in [7, 11) is 0. The quantitative estimate of drug-likeness (QED) is 0.731. The Kier molecular flexibility index (Phi) is 3.22. The molecule has 2 nitrogen and oxygen atoms in total. The van der Waals surface area contributed by atoms with E-state index in [2.05, 4.69) is 11.8 Å². The summed E-state index contributed by atoms with van der Waals surface area (Å²) in [6, 6.07) is 4.53. The van der Waals surface area contributed by atoms with Gasteiger partial charge in [0.25, 0.3) is 0 Å². The van der Waals surface area contributed by atoms with Crippen molar-refractivity contribution in [1.82, 2.24) is 0 Å². The average molecular weight is 221 g/mol. The summed E-state index contributed by atoms with van der Waals surface area (Å²) in [6.45, 7) is 4.11. The average Bonchev–Trinajstić information content (AvgIpc) is 2.76. The molecule has 1 fully saturated rings. The fourth-order valence-corrected chi connectivity index (χ4v) is 2.25. The van der Waals surface area contributed by atoms with Crippen molar-refractivity contribution in [1.29, 1.82) is 0 Å². The highest BCUT2D eigenvalue weighted by Gasteiger charge is 2.21. The van der Waals surface area contributed by atoms with Crippen LogP contribution in [-0.4, -0.2) is 19.4 Å². The highest BCUT2D eigenvalue weighted by atomic mass is 19.1. The molecule has 3 heteroatoms. The molecule has 0 saturated carbocycles. The molecule has 1 atom stereocenters. The molecule has 0 aliphatic carbocycles. The number of carbonyl (C=O) groups is 1. The van der Waals surface area contributed by atoms with Crippen LogP contribution < -0.4 is 4.90 Å². The molecule has 16 heavy (non-hydrogen) atoms. The number of rotatable bonds is 3. The predicted molar refractivity (Wildman–Crippen MR) is 62.4 cm³/mol. The van der Waals surface area contributed by atoms with Crippen LogP contribution >= 0.6 is 0 Å². The maximum absolute atomic E-state index is 13.3. The smallest absolute Gasteiger partial charge is 0.150 e. The summed E-state index contributed by atoms with van der Waals surface area (Å²) in [5.74, 6) is 0.363. The van der Waals surface area contributed by atoms with Gasteiger partial charge in [0.05, 0.1) is 0 Å². The van der Waals surface area contributed by atoms with E-state index >= 15 is 0 Å². The zero-order chi connectivity index (χ0) is 11.5. The van der Waals surface area contributed by atoms with Crippen molar-refractivity contribution in [3.05, 3.63) is 29.6 Å². The zero-order valence-corrected chi connectivity index (χ0v) is 9.45. The van der Waals surface area contributed by atoms with Crippen LogP contribution in [0.25, 0.3) is 0 Å². The second-order valence-corrected chi connectivity index (χ2v) is 4.37. The fourth-order valence-electron chi connectivity index (χ4n) is 2.25. The van der Waals surface area contributed by atoms with Crippen LogP contribution in [0.4, 0.5) is 10.1 Å². The van der Waals surface area contributed by atoms with E-state index in [4.69, 9.17) is 0 Å². The standard InChI is InChI=1S/C13H16FNO/c1-2-10-3-4-15(8-10)13-6-11(9-16)5-12(14)7-13/h5-7,9-10H,2-4,8H2,1H3. The number of hydrogen-bond donors (Lipinski definition) is 0. The van der Waals surface area contributed by atoms with Crippen LogP contribution in [0.1, 0.15) is 30.1 Å². The summed E-state index contributed by atoms with van der Waals surface area (Å²) in [5, 5.41) is 0. The van der Waals surface area contributed by atoms with Gasteiger partial charge in [-0.15, -0.1) is 0 Å². The van der Waals surface area contributed by atoms with Gasteiger partial charge in [0.1, 0.15) is 12.1 Å². The van der Waals surface area contributed by atoms with E-state index in [0.29, 0.717) is 17.8 Å². The Hall–Kier alpha value is -1.38. The minimum atomic E-state index is -0.334. The summed E-state index contributed by atoms with van der Waals surface area (Å²) in [4.78, 5) is 12.8. The maximum atomic E-state index is 13.3. The summed E-state index contributed by atoms with van der Waals surface area (Å²) >= 11 is 0. The lowest BCUT2D eigenvalue weighted by Crippen LogP contribution is -2.19. The SMILES string of the molecule is CCC1CCN(c2cc(F)cc(C=O)c2)C1. The summed E-state index contributed by atoms with van der Waals surface area (Å²) in [5.41, 5.74) is 1.24. The first-order valence-electron chi connectivity index (χ1n) is 5.73. The lowest BCUT2D eigenvalue weighted by molar-refractivity contribution is 0.112. The normalized spacial score (nSPS) is 20.1. The molecule has 0 N–H and O–H groups in total. The first kappa shape index (κ1) is 11.1. The van der Waals surface area contributed by atoms with E-state index in [1.165, 1.54) is 12.1 Å². The van der Waals surface area contributed by atoms with E-state index in [9.17, 15) is 9.18 Å². The Morgan fingerprint density at radius 2 is 2.31 bits per heavy atom. The van der Waals surface area contributed by atoms with Crippen molar-refractivity contribution in [3.63, 3.8) is 0 Å². The number of nitrogens with zero attached hydrogens (tertiary/aromatic N) is 1. The predicted octanol–water partition coefficient (Wildman–Crippen LogP) is 2.87. The number of carbonyl (C=O) groups excluding carboxylic acids is 1. The molecule has 1 aliphatic heterocycles. The first-order chi connectivity index (χ1) is 7.72. The van der Waals surface area contributed by atoms with Gasteiger partial charge in [-0.2, -0.15) is 0 Å². The van der Waals surface area contributed by atoms with Crippen LogP contribution in [0, 0.1) is 11.7 Å². The lowest BCUT2D eigenvalue weighted by Gasteiger charge is -2.18. The van der Waals surface area contributed by atoms with E-state index < -0.39 is 0 Å². The Balaban J connectivity index is 2.20. The van der Waals surface area contributed by atoms with Crippen molar-refractivity contribution in [2.24, 2.45) is 5.92 Å². The molecule has 1 aromatic rings. The van der Waals surface area contributed by atoms with E-state index in [-0.39, 0.29) is 5.82 Å². The fraction of sp³-hybridized carbons (Fsp3) is 0.462. The number of anilines is 1. The largest absolute Gasteiger partial charge is 0.371 e. The summed E-state index contributed by atoms with van der Waals surface area (Å²) in [6.07, 6.45) is 3.01. The molecule has 1 unspecified atom stereocenters. The van der Waals surface area contributed by atoms with Gasteiger partial charge in [-0.1, -0.05) is 13.3 Å². The maximum Gasteiger partial charge on any atom is 0.150 e.